The molecule has 100 valence electrons. The lowest BCUT2D eigenvalue weighted by Gasteiger charge is -2.13. The van der Waals surface area contributed by atoms with Gasteiger partial charge in [0, 0.05) is 12.1 Å². The van der Waals surface area contributed by atoms with Crippen LogP contribution in [-0.4, -0.2) is 24.2 Å². The number of hydrogen-bond acceptors (Lipinski definition) is 3. The molecule has 0 spiro atoms. The van der Waals surface area contributed by atoms with Crippen LogP contribution >= 0.6 is 0 Å². The first-order valence-electron chi connectivity index (χ1n) is 5.91. The molecule has 0 aromatic heterocycles. The highest BCUT2D eigenvalue weighted by atomic mass is 19.1. The summed E-state index contributed by atoms with van der Waals surface area (Å²) in [6.07, 6.45) is -0.593. The second-order valence-electron chi connectivity index (χ2n) is 3.91. The molecule has 18 heavy (non-hydrogen) atoms. The molecule has 0 radical (unpaired) electrons. The fraction of sp³-hybridized carbons (Fsp3) is 0.462. The van der Waals surface area contributed by atoms with Gasteiger partial charge in [-0.25, -0.2) is 4.39 Å². The first-order chi connectivity index (χ1) is 8.54. The number of ether oxygens (including phenoxy) is 1. The van der Waals surface area contributed by atoms with E-state index in [0.29, 0.717) is 17.9 Å². The van der Waals surface area contributed by atoms with E-state index in [4.69, 9.17) is 4.74 Å². The number of rotatable bonds is 6. The van der Waals surface area contributed by atoms with E-state index >= 15 is 0 Å². The van der Waals surface area contributed by atoms with Crippen LogP contribution in [0.5, 0.6) is 5.75 Å². The highest BCUT2D eigenvalue weighted by Crippen LogP contribution is 2.25. The van der Waals surface area contributed by atoms with Crippen LogP contribution in [-0.2, 0) is 4.79 Å². The van der Waals surface area contributed by atoms with Crippen molar-refractivity contribution in [2.75, 3.05) is 13.2 Å². The molecule has 0 saturated heterocycles. The van der Waals surface area contributed by atoms with Crippen LogP contribution in [0.3, 0.4) is 0 Å². The van der Waals surface area contributed by atoms with Gasteiger partial charge in [-0.05, 0) is 32.0 Å². The Bertz CT molecular complexity index is 407. The van der Waals surface area contributed by atoms with Gasteiger partial charge in [-0.3, -0.25) is 4.79 Å². The van der Waals surface area contributed by atoms with Crippen LogP contribution in [0.25, 0.3) is 0 Å². The normalized spacial score (nSPS) is 12.0. The van der Waals surface area contributed by atoms with Crippen molar-refractivity contribution in [1.29, 1.82) is 0 Å². The van der Waals surface area contributed by atoms with Gasteiger partial charge < -0.3 is 15.2 Å². The molecular formula is C13H18FNO3. The average molecular weight is 255 g/mol. The zero-order valence-corrected chi connectivity index (χ0v) is 10.6. The summed E-state index contributed by atoms with van der Waals surface area (Å²) in [4.78, 5) is 11.2. The number of aliphatic hydroxyl groups excluding tert-OH is 1. The molecule has 5 heteroatoms. The Morgan fingerprint density at radius 1 is 1.56 bits per heavy atom. The molecule has 0 aliphatic heterocycles. The predicted molar refractivity (Wildman–Crippen MR) is 65.8 cm³/mol. The Morgan fingerprint density at radius 3 is 2.89 bits per heavy atom. The van der Waals surface area contributed by atoms with Crippen molar-refractivity contribution in [3.63, 3.8) is 0 Å². The predicted octanol–water partition coefficient (Wildman–Crippen LogP) is 1.78. The van der Waals surface area contributed by atoms with E-state index in [1.165, 1.54) is 25.1 Å². The summed E-state index contributed by atoms with van der Waals surface area (Å²) in [6, 6.07) is 3.94. The van der Waals surface area contributed by atoms with E-state index < -0.39 is 11.9 Å². The summed E-state index contributed by atoms with van der Waals surface area (Å²) in [5.41, 5.74) is 0.380. The fourth-order valence-electron chi connectivity index (χ4n) is 1.52. The van der Waals surface area contributed by atoms with Gasteiger partial charge in [0.05, 0.1) is 19.1 Å². The first kappa shape index (κ1) is 14.4. The van der Waals surface area contributed by atoms with E-state index in [0.717, 1.165) is 0 Å². The van der Waals surface area contributed by atoms with Crippen LogP contribution < -0.4 is 10.1 Å². The highest BCUT2D eigenvalue weighted by molar-refractivity contribution is 5.75. The number of nitrogens with one attached hydrogen (secondary N) is 1. The van der Waals surface area contributed by atoms with E-state index in [-0.39, 0.29) is 18.9 Å². The lowest BCUT2D eigenvalue weighted by Crippen LogP contribution is -2.24. The van der Waals surface area contributed by atoms with Gasteiger partial charge in [0.15, 0.2) is 0 Å². The number of carbonyl (C=O) groups excluding carboxylic acids is 1. The molecule has 2 N–H and O–H groups in total. The van der Waals surface area contributed by atoms with Crippen LogP contribution in [0.15, 0.2) is 18.2 Å². The maximum atomic E-state index is 13.0. The Labute approximate surface area is 106 Å². The zero-order valence-electron chi connectivity index (χ0n) is 10.6. The maximum absolute atomic E-state index is 13.0. The summed E-state index contributed by atoms with van der Waals surface area (Å²) in [7, 11) is 0. The van der Waals surface area contributed by atoms with Gasteiger partial charge in [-0.15, -0.1) is 0 Å². The lowest BCUT2D eigenvalue weighted by molar-refractivity contribution is -0.121. The van der Waals surface area contributed by atoms with E-state index in [9.17, 15) is 14.3 Å². The van der Waals surface area contributed by atoms with Crippen LogP contribution in [0.4, 0.5) is 4.39 Å². The molecular weight excluding hydrogens is 237 g/mol. The minimum absolute atomic E-state index is 0.0989. The Balaban J connectivity index is 2.59. The molecule has 0 aliphatic rings. The number of halogens is 1. The Kier molecular flexibility index (Phi) is 5.58. The smallest absolute Gasteiger partial charge is 0.223 e. The zero-order chi connectivity index (χ0) is 13.5. The Morgan fingerprint density at radius 2 is 2.28 bits per heavy atom. The third kappa shape index (κ3) is 4.33. The number of benzene rings is 1. The quantitative estimate of drug-likeness (QED) is 0.814. The van der Waals surface area contributed by atoms with Crippen molar-refractivity contribution >= 4 is 5.91 Å². The van der Waals surface area contributed by atoms with Crippen molar-refractivity contribution in [3.8, 4) is 5.75 Å². The summed E-state index contributed by atoms with van der Waals surface area (Å²) in [6.45, 7) is 4.14. The molecule has 1 aromatic carbocycles. The molecule has 0 bridgehead atoms. The molecule has 0 saturated carbocycles. The van der Waals surface area contributed by atoms with Gasteiger partial charge in [-0.2, -0.15) is 0 Å². The topological polar surface area (TPSA) is 58.6 Å². The molecule has 0 aliphatic carbocycles. The minimum Gasteiger partial charge on any atom is -0.493 e. The van der Waals surface area contributed by atoms with Gasteiger partial charge in [0.2, 0.25) is 5.91 Å². The maximum Gasteiger partial charge on any atom is 0.223 e. The number of aliphatic hydroxyl groups is 1. The second-order valence-corrected chi connectivity index (χ2v) is 3.91. The summed E-state index contributed by atoms with van der Waals surface area (Å²) >= 11 is 0. The first-order valence-corrected chi connectivity index (χ1v) is 5.91. The number of carbonyl (C=O) groups is 1. The summed E-state index contributed by atoms with van der Waals surface area (Å²) in [5.74, 6) is -0.129. The fourth-order valence-corrected chi connectivity index (χ4v) is 1.52. The van der Waals surface area contributed by atoms with Crippen molar-refractivity contribution in [3.05, 3.63) is 29.6 Å². The van der Waals surface area contributed by atoms with Crippen LogP contribution in [0.1, 0.15) is 31.9 Å². The largest absolute Gasteiger partial charge is 0.493 e. The lowest BCUT2D eigenvalue weighted by atomic mass is 10.1. The SMILES string of the molecule is CCNC(=O)CCOc1ccc(F)cc1[C@H](C)O. The molecule has 0 unspecified atom stereocenters. The molecule has 1 rings (SSSR count). The van der Waals surface area contributed by atoms with Gasteiger partial charge >= 0.3 is 0 Å². The summed E-state index contributed by atoms with van der Waals surface area (Å²) < 4.78 is 18.4. The molecule has 4 nitrogen and oxygen atoms in total. The standard InChI is InChI=1S/C13H18FNO3/c1-3-15-13(17)6-7-18-12-5-4-10(14)8-11(12)9(2)16/h4-5,8-9,16H,3,6-7H2,1-2H3,(H,15,17)/t9-/m0/s1. The van der Waals surface area contributed by atoms with Gasteiger partial charge in [0.1, 0.15) is 11.6 Å². The van der Waals surface area contributed by atoms with E-state index in [2.05, 4.69) is 5.32 Å². The number of amides is 1. The van der Waals surface area contributed by atoms with Crippen LogP contribution in [0, 0.1) is 5.82 Å². The third-order valence-corrected chi connectivity index (χ3v) is 2.38. The average Bonchev–Trinajstić information content (AvgIpc) is 2.31. The van der Waals surface area contributed by atoms with Crippen LogP contribution in [0.2, 0.25) is 0 Å². The number of hydrogen-bond donors (Lipinski definition) is 2. The molecule has 1 amide bonds. The molecule has 1 aromatic rings. The monoisotopic (exact) mass is 255 g/mol. The molecule has 1 atom stereocenters. The molecule has 0 heterocycles. The van der Waals surface area contributed by atoms with Gasteiger partial charge in [0.25, 0.3) is 0 Å². The Hall–Kier alpha value is -1.62. The van der Waals surface area contributed by atoms with Crippen molar-refractivity contribution < 1.29 is 19.0 Å². The third-order valence-electron chi connectivity index (χ3n) is 2.38. The summed E-state index contributed by atoms with van der Waals surface area (Å²) in [5, 5.41) is 12.1. The highest BCUT2D eigenvalue weighted by Gasteiger charge is 2.11. The van der Waals surface area contributed by atoms with E-state index in [1.807, 2.05) is 6.92 Å². The minimum atomic E-state index is -0.819. The van der Waals surface area contributed by atoms with Crippen molar-refractivity contribution in [2.24, 2.45) is 0 Å². The molecule has 0 fully saturated rings. The van der Waals surface area contributed by atoms with Crippen molar-refractivity contribution in [1.82, 2.24) is 5.32 Å². The van der Waals surface area contributed by atoms with Gasteiger partial charge in [-0.1, -0.05) is 0 Å². The van der Waals surface area contributed by atoms with E-state index in [1.54, 1.807) is 0 Å². The second kappa shape index (κ2) is 6.96. The van der Waals surface area contributed by atoms with Crippen molar-refractivity contribution in [2.45, 2.75) is 26.4 Å².